The van der Waals surface area contributed by atoms with E-state index in [4.69, 9.17) is 21.7 Å². The molecule has 0 spiro atoms. The number of hydrogen-bond acceptors (Lipinski definition) is 5. The SMILES string of the molecule is CCCc1n[nH]c(=S)n1CC(=O)NC(C)c1ccc(OCC(C)C)c(OC)c1. The molecule has 8 heteroatoms. The van der Waals surface area contributed by atoms with Gasteiger partial charge in [0.05, 0.1) is 19.8 Å². The zero-order valence-electron chi connectivity index (χ0n) is 17.2. The lowest BCUT2D eigenvalue weighted by Gasteiger charge is -2.18. The molecule has 154 valence electrons. The van der Waals surface area contributed by atoms with Crippen molar-refractivity contribution >= 4 is 18.1 Å². The standard InChI is InChI=1S/C20H30N4O3S/c1-6-7-18-22-23-20(28)24(18)11-19(25)21-14(4)15-8-9-16(17(10-15)26-5)27-12-13(2)3/h8-10,13-14H,6-7,11-12H2,1-5H3,(H,21,25)(H,23,28). The molecule has 0 aliphatic rings. The molecule has 0 aliphatic carbocycles. The highest BCUT2D eigenvalue weighted by Gasteiger charge is 2.15. The number of hydrogen-bond donors (Lipinski definition) is 2. The van der Waals surface area contributed by atoms with Crippen molar-refractivity contribution in [2.75, 3.05) is 13.7 Å². The fourth-order valence-corrected chi connectivity index (χ4v) is 2.99. The molecule has 0 aliphatic heterocycles. The Kier molecular flexibility index (Phi) is 8.04. The van der Waals surface area contributed by atoms with E-state index >= 15 is 0 Å². The maximum absolute atomic E-state index is 12.5. The molecule has 1 atom stereocenters. The molecule has 2 rings (SSSR count). The van der Waals surface area contributed by atoms with Crippen LogP contribution in [0.4, 0.5) is 0 Å². The summed E-state index contributed by atoms with van der Waals surface area (Å²) in [6, 6.07) is 5.53. The highest BCUT2D eigenvalue weighted by Crippen LogP contribution is 2.30. The van der Waals surface area contributed by atoms with Gasteiger partial charge in [0.15, 0.2) is 16.3 Å². The van der Waals surface area contributed by atoms with Crippen molar-refractivity contribution in [1.29, 1.82) is 0 Å². The maximum atomic E-state index is 12.5. The number of aromatic amines is 1. The van der Waals surface area contributed by atoms with Crippen molar-refractivity contribution in [3.63, 3.8) is 0 Å². The molecule has 1 unspecified atom stereocenters. The average Bonchev–Trinajstić information content (AvgIpc) is 2.99. The average molecular weight is 407 g/mol. The molecular formula is C20H30N4O3S. The molecule has 1 heterocycles. The fraction of sp³-hybridized carbons (Fsp3) is 0.550. The smallest absolute Gasteiger partial charge is 0.240 e. The second kappa shape index (κ2) is 10.3. The number of ether oxygens (including phenoxy) is 2. The lowest BCUT2D eigenvalue weighted by Crippen LogP contribution is -2.30. The highest BCUT2D eigenvalue weighted by molar-refractivity contribution is 7.71. The van der Waals surface area contributed by atoms with Crippen LogP contribution in [-0.4, -0.2) is 34.4 Å². The minimum atomic E-state index is -0.184. The Morgan fingerprint density at radius 3 is 2.71 bits per heavy atom. The van der Waals surface area contributed by atoms with Gasteiger partial charge in [-0.05, 0) is 49.2 Å². The van der Waals surface area contributed by atoms with Gasteiger partial charge in [0.25, 0.3) is 0 Å². The molecule has 2 N–H and O–H groups in total. The van der Waals surface area contributed by atoms with Crippen molar-refractivity contribution in [2.24, 2.45) is 5.92 Å². The number of nitrogens with one attached hydrogen (secondary N) is 2. The maximum Gasteiger partial charge on any atom is 0.240 e. The first-order valence-corrected chi connectivity index (χ1v) is 10.0. The predicted molar refractivity (Wildman–Crippen MR) is 111 cm³/mol. The lowest BCUT2D eigenvalue weighted by molar-refractivity contribution is -0.122. The van der Waals surface area contributed by atoms with Crippen molar-refractivity contribution in [3.8, 4) is 11.5 Å². The van der Waals surface area contributed by atoms with Crippen LogP contribution in [0.5, 0.6) is 11.5 Å². The van der Waals surface area contributed by atoms with Gasteiger partial charge in [-0.2, -0.15) is 5.10 Å². The van der Waals surface area contributed by atoms with E-state index in [-0.39, 0.29) is 18.5 Å². The first-order valence-electron chi connectivity index (χ1n) is 9.59. The fourth-order valence-electron chi connectivity index (χ4n) is 2.77. The summed E-state index contributed by atoms with van der Waals surface area (Å²) in [4.78, 5) is 12.5. The van der Waals surface area contributed by atoms with Gasteiger partial charge in [-0.15, -0.1) is 0 Å². The van der Waals surface area contributed by atoms with Crippen molar-refractivity contribution in [3.05, 3.63) is 34.4 Å². The third kappa shape index (κ3) is 5.82. The van der Waals surface area contributed by atoms with E-state index in [0.29, 0.717) is 28.8 Å². The van der Waals surface area contributed by atoms with Crippen LogP contribution in [0.1, 0.15) is 51.5 Å². The van der Waals surface area contributed by atoms with Crippen LogP contribution in [0.3, 0.4) is 0 Å². The highest BCUT2D eigenvalue weighted by atomic mass is 32.1. The van der Waals surface area contributed by atoms with Crippen LogP contribution in [0, 0.1) is 10.7 Å². The minimum absolute atomic E-state index is 0.124. The van der Waals surface area contributed by atoms with Gasteiger partial charge in [0.2, 0.25) is 5.91 Å². The molecule has 28 heavy (non-hydrogen) atoms. The van der Waals surface area contributed by atoms with E-state index in [1.807, 2.05) is 25.1 Å². The number of aryl methyl sites for hydroxylation is 1. The number of carbonyl (C=O) groups excluding carboxylic acids is 1. The van der Waals surface area contributed by atoms with Gasteiger partial charge in [-0.1, -0.05) is 26.8 Å². The first kappa shape index (κ1) is 21.9. The monoisotopic (exact) mass is 406 g/mol. The lowest BCUT2D eigenvalue weighted by atomic mass is 10.1. The molecule has 1 aromatic heterocycles. The van der Waals surface area contributed by atoms with E-state index in [1.54, 1.807) is 11.7 Å². The number of carbonyl (C=O) groups is 1. The largest absolute Gasteiger partial charge is 0.493 e. The minimum Gasteiger partial charge on any atom is -0.493 e. The van der Waals surface area contributed by atoms with Gasteiger partial charge < -0.3 is 14.8 Å². The van der Waals surface area contributed by atoms with Crippen LogP contribution in [0.15, 0.2) is 18.2 Å². The molecule has 0 bridgehead atoms. The number of aromatic nitrogens is 3. The summed E-state index contributed by atoms with van der Waals surface area (Å²) in [5.74, 6) is 2.45. The van der Waals surface area contributed by atoms with Crippen LogP contribution in [-0.2, 0) is 17.8 Å². The van der Waals surface area contributed by atoms with Crippen LogP contribution >= 0.6 is 12.2 Å². The Labute approximate surface area is 171 Å². The topological polar surface area (TPSA) is 81.2 Å². The number of benzene rings is 1. The molecule has 0 fully saturated rings. The number of nitrogens with zero attached hydrogens (tertiary/aromatic N) is 2. The third-order valence-corrected chi connectivity index (χ3v) is 4.56. The summed E-state index contributed by atoms with van der Waals surface area (Å²) in [6.45, 7) is 8.94. The molecular weight excluding hydrogens is 376 g/mol. The van der Waals surface area contributed by atoms with Crippen LogP contribution in [0.2, 0.25) is 0 Å². The first-order chi connectivity index (χ1) is 13.3. The summed E-state index contributed by atoms with van der Waals surface area (Å²) in [5, 5.41) is 9.96. The predicted octanol–water partition coefficient (Wildman–Crippen LogP) is 3.81. The van der Waals surface area contributed by atoms with E-state index in [0.717, 1.165) is 24.2 Å². The Hall–Kier alpha value is -2.35. The molecule has 1 aromatic carbocycles. The quantitative estimate of drug-likeness (QED) is 0.586. The Bertz CT molecular complexity index is 844. The number of amides is 1. The van der Waals surface area contributed by atoms with Gasteiger partial charge in [-0.25, -0.2) is 0 Å². The van der Waals surface area contributed by atoms with Gasteiger partial charge >= 0.3 is 0 Å². The van der Waals surface area contributed by atoms with Gasteiger partial charge in [0.1, 0.15) is 12.4 Å². The second-order valence-corrected chi connectivity index (χ2v) is 7.57. The number of rotatable bonds is 10. The van der Waals surface area contributed by atoms with Crippen LogP contribution in [0.25, 0.3) is 0 Å². The third-order valence-electron chi connectivity index (χ3n) is 4.25. The van der Waals surface area contributed by atoms with E-state index in [1.165, 1.54) is 0 Å². The molecule has 0 saturated heterocycles. The summed E-state index contributed by atoms with van der Waals surface area (Å²) >= 11 is 5.24. The molecule has 2 aromatic rings. The van der Waals surface area contributed by atoms with E-state index in [2.05, 4.69) is 36.3 Å². The zero-order valence-corrected chi connectivity index (χ0v) is 18.1. The number of methoxy groups -OCH3 is 1. The molecule has 7 nitrogen and oxygen atoms in total. The number of H-pyrrole nitrogens is 1. The molecule has 0 radical (unpaired) electrons. The van der Waals surface area contributed by atoms with Gasteiger partial charge in [0, 0.05) is 6.42 Å². The van der Waals surface area contributed by atoms with E-state index < -0.39 is 0 Å². The van der Waals surface area contributed by atoms with Crippen molar-refractivity contribution in [2.45, 2.75) is 53.1 Å². The summed E-state index contributed by atoms with van der Waals surface area (Å²) < 4.78 is 13.4. The Balaban J connectivity index is 2.05. The van der Waals surface area contributed by atoms with E-state index in [9.17, 15) is 4.79 Å². The summed E-state index contributed by atoms with van der Waals surface area (Å²) in [5.41, 5.74) is 0.937. The Morgan fingerprint density at radius 2 is 2.07 bits per heavy atom. The zero-order chi connectivity index (χ0) is 20.7. The summed E-state index contributed by atoms with van der Waals surface area (Å²) in [6.07, 6.45) is 1.70. The second-order valence-electron chi connectivity index (χ2n) is 7.19. The van der Waals surface area contributed by atoms with Crippen LogP contribution < -0.4 is 14.8 Å². The van der Waals surface area contributed by atoms with Crippen molar-refractivity contribution in [1.82, 2.24) is 20.1 Å². The molecule has 1 amide bonds. The normalized spacial score (nSPS) is 12.1. The molecule has 0 saturated carbocycles. The van der Waals surface area contributed by atoms with Gasteiger partial charge in [-0.3, -0.25) is 14.5 Å². The Morgan fingerprint density at radius 1 is 1.32 bits per heavy atom. The summed E-state index contributed by atoms with van der Waals surface area (Å²) in [7, 11) is 1.61. The van der Waals surface area contributed by atoms with Crippen molar-refractivity contribution < 1.29 is 14.3 Å².